The Morgan fingerprint density at radius 1 is 1.12 bits per heavy atom. The Bertz CT molecular complexity index is 730. The number of methoxy groups -OCH3 is 1. The van der Waals surface area contributed by atoms with Crippen molar-refractivity contribution in [3.8, 4) is 5.75 Å². The first-order valence-electron chi connectivity index (χ1n) is 8.32. The van der Waals surface area contributed by atoms with E-state index in [1.165, 1.54) is 6.07 Å². The highest BCUT2D eigenvalue weighted by molar-refractivity contribution is 5.74. The van der Waals surface area contributed by atoms with Gasteiger partial charge in [-0.05, 0) is 29.8 Å². The Hall–Kier alpha value is -2.76. The molecule has 1 aliphatic rings. The van der Waals surface area contributed by atoms with E-state index in [0.29, 0.717) is 38.4 Å². The molecule has 0 unspecified atom stereocenters. The zero-order valence-corrected chi connectivity index (χ0v) is 14.2. The van der Waals surface area contributed by atoms with Crippen LogP contribution in [-0.2, 0) is 6.54 Å². The number of piperazine rings is 1. The second-order valence-electron chi connectivity index (χ2n) is 5.94. The normalized spacial score (nSPS) is 14.3. The predicted octanol–water partition coefficient (Wildman–Crippen LogP) is 2.87. The van der Waals surface area contributed by atoms with Crippen molar-refractivity contribution in [2.45, 2.75) is 6.54 Å². The Labute approximate surface area is 147 Å². The number of rotatable bonds is 4. The molecule has 1 fully saturated rings. The van der Waals surface area contributed by atoms with Crippen molar-refractivity contribution in [3.63, 3.8) is 0 Å². The van der Waals surface area contributed by atoms with Gasteiger partial charge in [0.2, 0.25) is 0 Å². The Morgan fingerprint density at radius 2 is 1.88 bits per heavy atom. The molecule has 5 nitrogen and oxygen atoms in total. The van der Waals surface area contributed by atoms with Crippen LogP contribution in [0, 0.1) is 5.82 Å². The molecule has 132 valence electrons. The number of hydrogen-bond acceptors (Lipinski definition) is 3. The van der Waals surface area contributed by atoms with Gasteiger partial charge in [-0.3, -0.25) is 0 Å². The summed E-state index contributed by atoms with van der Waals surface area (Å²) >= 11 is 0. The number of carbonyl (C=O) groups is 1. The minimum Gasteiger partial charge on any atom is -0.497 e. The lowest BCUT2D eigenvalue weighted by molar-refractivity contribution is 0.194. The van der Waals surface area contributed by atoms with E-state index in [0.717, 1.165) is 11.3 Å². The average Bonchev–Trinajstić information content (AvgIpc) is 2.67. The summed E-state index contributed by atoms with van der Waals surface area (Å²) in [5.41, 5.74) is 1.58. The summed E-state index contributed by atoms with van der Waals surface area (Å²) in [6.07, 6.45) is 0. The molecule has 0 aromatic heterocycles. The highest BCUT2D eigenvalue weighted by Crippen LogP contribution is 2.20. The van der Waals surface area contributed by atoms with Gasteiger partial charge in [0.15, 0.2) is 0 Å². The minimum absolute atomic E-state index is 0.101. The molecule has 2 aromatic rings. The quantitative estimate of drug-likeness (QED) is 0.928. The number of nitrogens with zero attached hydrogens (tertiary/aromatic N) is 2. The van der Waals surface area contributed by atoms with Gasteiger partial charge >= 0.3 is 6.03 Å². The molecule has 0 spiro atoms. The first kappa shape index (κ1) is 17.1. The van der Waals surface area contributed by atoms with Crippen LogP contribution in [0.3, 0.4) is 0 Å². The highest BCUT2D eigenvalue weighted by atomic mass is 19.1. The summed E-state index contributed by atoms with van der Waals surface area (Å²) in [4.78, 5) is 16.1. The van der Waals surface area contributed by atoms with Crippen LogP contribution < -0.4 is 15.0 Å². The van der Waals surface area contributed by atoms with E-state index in [9.17, 15) is 9.18 Å². The highest BCUT2D eigenvalue weighted by Gasteiger charge is 2.22. The molecule has 0 aliphatic carbocycles. The molecule has 1 N–H and O–H groups in total. The molecule has 2 amide bonds. The van der Waals surface area contributed by atoms with Crippen molar-refractivity contribution in [2.75, 3.05) is 38.2 Å². The number of ether oxygens (including phenoxy) is 1. The molecule has 2 aromatic carbocycles. The topological polar surface area (TPSA) is 44.8 Å². The van der Waals surface area contributed by atoms with Crippen molar-refractivity contribution >= 4 is 11.7 Å². The average molecular weight is 343 g/mol. The summed E-state index contributed by atoms with van der Waals surface area (Å²) < 4.78 is 19.0. The lowest BCUT2D eigenvalue weighted by atomic mass is 10.2. The monoisotopic (exact) mass is 343 g/mol. The molecule has 1 aliphatic heterocycles. The van der Waals surface area contributed by atoms with Crippen LogP contribution in [0.25, 0.3) is 0 Å². The fourth-order valence-electron chi connectivity index (χ4n) is 2.93. The lowest BCUT2D eigenvalue weighted by Crippen LogP contribution is -2.51. The van der Waals surface area contributed by atoms with E-state index in [1.54, 1.807) is 24.1 Å². The Morgan fingerprint density at radius 3 is 2.60 bits per heavy atom. The van der Waals surface area contributed by atoms with Crippen LogP contribution in [0.15, 0.2) is 48.5 Å². The third kappa shape index (κ3) is 4.21. The van der Waals surface area contributed by atoms with E-state index in [4.69, 9.17) is 4.74 Å². The summed E-state index contributed by atoms with van der Waals surface area (Å²) in [5, 5.41) is 2.92. The van der Waals surface area contributed by atoms with Gasteiger partial charge in [-0.15, -0.1) is 0 Å². The van der Waals surface area contributed by atoms with Gasteiger partial charge in [0, 0.05) is 32.7 Å². The molecule has 6 heteroatoms. The van der Waals surface area contributed by atoms with Gasteiger partial charge in [0.05, 0.1) is 12.8 Å². The number of benzene rings is 2. The number of urea groups is 1. The number of anilines is 1. The summed E-state index contributed by atoms with van der Waals surface area (Å²) in [6.45, 7) is 2.82. The van der Waals surface area contributed by atoms with Crippen molar-refractivity contribution in [3.05, 3.63) is 59.9 Å². The molecule has 25 heavy (non-hydrogen) atoms. The summed E-state index contributed by atoms with van der Waals surface area (Å²) in [5.74, 6) is 0.545. The first-order valence-corrected chi connectivity index (χ1v) is 8.32. The fourth-order valence-corrected chi connectivity index (χ4v) is 2.93. The van der Waals surface area contributed by atoms with Crippen LogP contribution in [-0.4, -0.2) is 44.2 Å². The van der Waals surface area contributed by atoms with Crippen LogP contribution in [0.1, 0.15) is 5.56 Å². The van der Waals surface area contributed by atoms with Crippen molar-refractivity contribution < 1.29 is 13.9 Å². The minimum atomic E-state index is -0.224. The van der Waals surface area contributed by atoms with Crippen molar-refractivity contribution in [2.24, 2.45) is 0 Å². The molecule has 1 heterocycles. The van der Waals surface area contributed by atoms with E-state index in [1.807, 2.05) is 35.2 Å². The van der Waals surface area contributed by atoms with Gasteiger partial charge in [0.1, 0.15) is 11.6 Å². The predicted molar refractivity (Wildman–Crippen MR) is 95.4 cm³/mol. The number of nitrogens with one attached hydrogen (secondary N) is 1. The second kappa shape index (κ2) is 7.88. The van der Waals surface area contributed by atoms with Gasteiger partial charge in [-0.2, -0.15) is 0 Å². The third-order valence-electron chi connectivity index (χ3n) is 4.34. The SMILES string of the molecule is COc1cccc(CNC(=O)N2CCN(c3ccccc3F)CC2)c1. The van der Waals surface area contributed by atoms with Crippen LogP contribution in [0.4, 0.5) is 14.9 Å². The van der Waals surface area contributed by atoms with Crippen LogP contribution in [0.2, 0.25) is 0 Å². The Balaban J connectivity index is 1.50. The molecular weight excluding hydrogens is 321 g/mol. The number of para-hydroxylation sites is 1. The van der Waals surface area contributed by atoms with Gasteiger partial charge in [0.25, 0.3) is 0 Å². The van der Waals surface area contributed by atoms with Gasteiger partial charge in [-0.25, -0.2) is 9.18 Å². The summed E-state index contributed by atoms with van der Waals surface area (Å²) in [6, 6.07) is 14.2. The number of carbonyl (C=O) groups excluding carboxylic acids is 1. The van der Waals surface area contributed by atoms with E-state index in [-0.39, 0.29) is 11.8 Å². The van der Waals surface area contributed by atoms with Crippen molar-refractivity contribution in [1.29, 1.82) is 0 Å². The van der Waals surface area contributed by atoms with E-state index >= 15 is 0 Å². The number of hydrogen-bond donors (Lipinski definition) is 1. The first-order chi connectivity index (χ1) is 12.2. The van der Waals surface area contributed by atoms with Gasteiger partial charge in [-0.1, -0.05) is 24.3 Å². The second-order valence-corrected chi connectivity index (χ2v) is 5.94. The standard InChI is InChI=1S/C19H22FN3O2/c1-25-16-6-4-5-15(13-16)14-21-19(24)23-11-9-22(10-12-23)18-8-3-2-7-17(18)20/h2-8,13H,9-12,14H2,1H3,(H,21,24). The lowest BCUT2D eigenvalue weighted by Gasteiger charge is -2.36. The fraction of sp³-hybridized carbons (Fsp3) is 0.316. The molecule has 3 rings (SSSR count). The third-order valence-corrected chi connectivity index (χ3v) is 4.34. The smallest absolute Gasteiger partial charge is 0.317 e. The van der Waals surface area contributed by atoms with Gasteiger partial charge < -0.3 is 19.9 Å². The zero-order chi connectivity index (χ0) is 17.6. The number of halogens is 1. The van der Waals surface area contributed by atoms with E-state index < -0.39 is 0 Å². The molecule has 0 bridgehead atoms. The molecule has 0 saturated carbocycles. The molecular formula is C19H22FN3O2. The number of amides is 2. The molecule has 0 radical (unpaired) electrons. The maximum atomic E-state index is 13.9. The molecule has 1 saturated heterocycles. The maximum absolute atomic E-state index is 13.9. The van der Waals surface area contributed by atoms with Crippen LogP contribution in [0.5, 0.6) is 5.75 Å². The Kier molecular flexibility index (Phi) is 5.38. The summed E-state index contributed by atoms with van der Waals surface area (Å²) in [7, 11) is 1.62. The van der Waals surface area contributed by atoms with E-state index in [2.05, 4.69) is 5.32 Å². The molecule has 0 atom stereocenters. The zero-order valence-electron chi connectivity index (χ0n) is 14.2. The maximum Gasteiger partial charge on any atom is 0.317 e. The van der Waals surface area contributed by atoms with Crippen molar-refractivity contribution in [1.82, 2.24) is 10.2 Å². The largest absolute Gasteiger partial charge is 0.497 e. The van der Waals surface area contributed by atoms with Crippen LogP contribution >= 0.6 is 0 Å².